The molecule has 0 spiro atoms. The molecule has 0 radical (unpaired) electrons. The number of hydrogen-bond acceptors (Lipinski definition) is 17. The molecule has 2 aromatic carbocycles. The minimum atomic E-state index is -2.69. The fourth-order valence-corrected chi connectivity index (χ4v) is 19.4. The summed E-state index contributed by atoms with van der Waals surface area (Å²) in [7, 11) is -2.69. The van der Waals surface area contributed by atoms with Crippen LogP contribution in [0.3, 0.4) is 0 Å². The number of aromatic amines is 2. The van der Waals surface area contributed by atoms with Crippen molar-refractivity contribution in [2.45, 2.75) is 192 Å². The monoisotopic (exact) mass is 1440 g/mol. The van der Waals surface area contributed by atoms with Crippen molar-refractivity contribution in [1.29, 1.82) is 5.41 Å². The molecule has 32 heteroatoms. The first-order valence-electron chi connectivity index (χ1n) is 36.3. The van der Waals surface area contributed by atoms with Crippen LogP contribution in [0, 0.1) is 17.2 Å². The van der Waals surface area contributed by atoms with Crippen molar-refractivity contribution < 1.29 is 58.2 Å². The maximum atomic E-state index is 14.9. The zero-order valence-corrected chi connectivity index (χ0v) is 60.3. The average Bonchev–Trinajstić information content (AvgIpc) is 1.54. The molecule has 7 heterocycles. The SMILES string of the molecule is CCNC(=O)[C@@H]1CCCN1C(=O)[C@H](CCCNC(=N)N[PH](N1CCCC1)(N1CCCC1)N1CCCC1)NC(=O)[C@H](CC(C)C)NC(=O)[C@@H](CC(C)C)NC(=O)[C@@H](NC(=O)[C@H](CO)NC(=O)[C@H](Cc1c[nH]c2ccccc12)NC(=O)[C@H](Cc1c[nH]cn1)NC(=O)[C@@H]1CCC(=O)N1)c1ccc(O)cc1. The van der Waals surface area contributed by atoms with Gasteiger partial charge in [-0.05, 0) is 55.0 Å². The molecule has 31 nitrogen and oxygen atoms in total. The van der Waals surface area contributed by atoms with Crippen molar-refractivity contribution in [3.8, 4) is 5.75 Å². The van der Waals surface area contributed by atoms with Gasteiger partial charge in [0.2, 0.25) is 35.4 Å². The van der Waals surface area contributed by atoms with Gasteiger partial charge in [-0.15, -0.1) is 0 Å². The average molecular weight is 1440 g/mol. The number of carbonyl (C=O) groups is 10. The zero-order valence-electron chi connectivity index (χ0n) is 59.3. The first-order valence-corrected chi connectivity index (χ1v) is 38.2. The van der Waals surface area contributed by atoms with Crippen LogP contribution >= 0.6 is 7.87 Å². The number of nitrogens with one attached hydrogen (secondary N) is 14. The van der Waals surface area contributed by atoms with Gasteiger partial charge >= 0.3 is 250 Å². The van der Waals surface area contributed by atoms with E-state index in [1.54, 1.807) is 19.2 Å². The standard InChI is InChI=1S/C70H106N19O12P/c1-6-73-67(99)58-20-16-34-89(58)69(101)52(19-15-27-74-70(71)85-102(86-28-9-10-29-86,87-30-11-12-31-87)88-32-13-14-33-88)78-62(94)53(35-43(2)3)79-63(95)54(36-44(4)5)82-68(100)60(45-21-23-48(91)24-22-45)84-66(98)57(41-90)83-64(96)55(37-46-39-75-50-18-8-7-17-49(46)50)80-65(97)56(38-47-40-72-42-76-47)81-61(93)51-25-26-59(92)77-51/h7-8,17-18,21-24,39-40,42-44,51-58,60,75,90-91,102H,6,9-16,19-20,25-38,41H2,1-5H3,(H,72,76)(H,73,99)(H,77,92)(H,78,94)(H,79,95)(H,80,97)(H,81,93)(H,82,100)(H,83,96)(H,84,98)(H3,71,74,85)/t51-,52-,53-,54+,55-,56-,57-,58-,60-/m0/s1. The number of imidazole rings is 1. The summed E-state index contributed by atoms with van der Waals surface area (Å²) in [6.45, 7) is 14.9. The van der Waals surface area contributed by atoms with Crippen LogP contribution in [0.15, 0.2) is 67.3 Å². The fourth-order valence-electron chi connectivity index (χ4n) is 14.5. The number of amides is 10. The van der Waals surface area contributed by atoms with Crippen molar-refractivity contribution in [1.82, 2.24) is 92.1 Å². The number of likely N-dealkylation sites (N-methyl/N-ethyl adjacent to an activating group) is 1. The summed E-state index contributed by atoms with van der Waals surface area (Å²) in [4.78, 5) is 154. The Balaban J connectivity index is 0.902. The first-order chi connectivity index (χ1) is 49.0. The number of hydrogen-bond donors (Lipinski definition) is 16. The molecule has 4 aromatic rings. The third-order valence-electron chi connectivity index (χ3n) is 19.6. The maximum absolute atomic E-state index is 14.9. The van der Waals surface area contributed by atoms with Gasteiger partial charge < -0.3 is 52.1 Å². The number of aromatic hydroxyl groups is 1. The number of phenolic OH excluding ortho intramolecular Hbond substituents is 1. The van der Waals surface area contributed by atoms with E-state index in [4.69, 9.17) is 0 Å². The van der Waals surface area contributed by atoms with Crippen LogP contribution < -0.4 is 58.3 Å². The number of aliphatic hydroxyl groups excluding tert-OH is 1. The Morgan fingerprint density at radius 2 is 1.19 bits per heavy atom. The predicted molar refractivity (Wildman–Crippen MR) is 384 cm³/mol. The molecule has 5 fully saturated rings. The number of aromatic nitrogens is 3. The van der Waals surface area contributed by atoms with E-state index in [0.29, 0.717) is 42.5 Å². The van der Waals surface area contributed by atoms with E-state index in [-0.39, 0.29) is 99.0 Å². The van der Waals surface area contributed by atoms with E-state index in [1.165, 1.54) is 41.7 Å². The molecule has 5 aliphatic heterocycles. The normalized spacial score (nSPS) is 19.6. The first kappa shape index (κ1) is 77.4. The Labute approximate surface area is 595 Å². The van der Waals surface area contributed by atoms with Crippen LogP contribution in [0.2, 0.25) is 0 Å². The Hall–Kier alpha value is -8.77. The Bertz CT molecular complexity index is 3500. The minimum Gasteiger partial charge on any atom is -0.508 e. The van der Waals surface area contributed by atoms with E-state index >= 15 is 0 Å². The molecular weight excluding hydrogens is 1330 g/mol. The number of carbonyl (C=O) groups excluding carboxylic acids is 10. The number of para-hydroxylation sites is 1. The van der Waals surface area contributed by atoms with Gasteiger partial charge in [-0.25, -0.2) is 4.98 Å². The molecule has 0 unspecified atom stereocenters. The van der Waals surface area contributed by atoms with Gasteiger partial charge in [-0.3, -0.25) is 33.6 Å². The van der Waals surface area contributed by atoms with E-state index in [2.05, 4.69) is 87.2 Å². The fraction of sp³-hybridized carbons (Fsp3) is 0.600. The number of likely N-dealkylation sites (tertiary alicyclic amines) is 1. The second-order valence-electron chi connectivity index (χ2n) is 28.2. The van der Waals surface area contributed by atoms with Gasteiger partial charge in [0.1, 0.15) is 42.0 Å². The number of benzene rings is 2. The van der Waals surface area contributed by atoms with Crippen LogP contribution in [0.25, 0.3) is 10.9 Å². The van der Waals surface area contributed by atoms with Gasteiger partial charge in [0.25, 0.3) is 0 Å². The smallest absolute Gasteiger partial charge is 0.508 e. The van der Waals surface area contributed by atoms with Gasteiger partial charge in [0.05, 0.1) is 18.6 Å². The number of rotatable bonds is 35. The molecule has 102 heavy (non-hydrogen) atoms. The molecule has 0 bridgehead atoms. The number of guanidine groups is 1. The quantitative estimate of drug-likeness (QED) is 0.0133. The molecular formula is C70H106N19O12P. The van der Waals surface area contributed by atoms with E-state index < -0.39 is 116 Å². The summed E-state index contributed by atoms with van der Waals surface area (Å²) in [6, 6.07) is 0.849. The Morgan fingerprint density at radius 1 is 0.627 bits per heavy atom. The van der Waals surface area contributed by atoms with Gasteiger partial charge in [0, 0.05) is 49.1 Å². The van der Waals surface area contributed by atoms with Crippen molar-refractivity contribution in [2.75, 3.05) is 65.5 Å². The summed E-state index contributed by atoms with van der Waals surface area (Å²) >= 11 is 0. The third-order valence-corrected chi connectivity index (χ3v) is 24.2. The Morgan fingerprint density at radius 3 is 1.75 bits per heavy atom. The topological polar surface area (TPSA) is 425 Å². The van der Waals surface area contributed by atoms with Gasteiger partial charge in [-0.2, -0.15) is 0 Å². The second-order valence-corrected chi connectivity index (χ2v) is 31.6. The van der Waals surface area contributed by atoms with Crippen LogP contribution in [0.4, 0.5) is 0 Å². The van der Waals surface area contributed by atoms with Gasteiger partial charge in [0.15, 0.2) is 0 Å². The van der Waals surface area contributed by atoms with E-state index in [0.717, 1.165) is 83.3 Å². The minimum absolute atomic E-state index is 0.0257. The van der Waals surface area contributed by atoms with E-state index in [9.17, 15) is 63.6 Å². The Kier molecular flexibility index (Phi) is 28.0. The van der Waals surface area contributed by atoms with E-state index in [1.807, 2.05) is 45.9 Å². The summed E-state index contributed by atoms with van der Waals surface area (Å²) in [5, 5.41) is 63.1. The van der Waals surface area contributed by atoms with Crippen molar-refractivity contribution >= 4 is 83.8 Å². The molecule has 5 saturated heterocycles. The number of phenols is 1. The second kappa shape index (κ2) is 36.9. The van der Waals surface area contributed by atoms with Crippen LogP contribution in [-0.2, 0) is 60.8 Å². The van der Waals surface area contributed by atoms with Crippen molar-refractivity contribution in [3.05, 3.63) is 84.1 Å². The summed E-state index contributed by atoms with van der Waals surface area (Å²) in [6.07, 6.45) is 12.8. The van der Waals surface area contributed by atoms with Crippen LogP contribution in [0.1, 0.15) is 147 Å². The number of fused-ring (bicyclic) bond motifs is 1. The third kappa shape index (κ3) is 20.3. The van der Waals surface area contributed by atoms with Gasteiger partial charge in [-0.1, -0.05) is 58.0 Å². The molecule has 0 saturated carbocycles. The van der Waals surface area contributed by atoms with Crippen molar-refractivity contribution in [2.24, 2.45) is 11.8 Å². The number of H-pyrrole nitrogens is 2. The van der Waals surface area contributed by atoms with Crippen molar-refractivity contribution in [3.63, 3.8) is 0 Å². The molecule has 9 rings (SSSR count). The molecule has 0 aliphatic carbocycles. The summed E-state index contributed by atoms with van der Waals surface area (Å²) in [5.41, 5.74) is 1.80. The van der Waals surface area contributed by atoms with Crippen LogP contribution in [0.5, 0.6) is 5.75 Å². The molecule has 9 atom stereocenters. The summed E-state index contributed by atoms with van der Waals surface area (Å²) < 4.78 is 7.83. The zero-order chi connectivity index (χ0) is 73.0. The molecule has 2 aromatic heterocycles. The molecule has 558 valence electrons. The molecule has 16 N–H and O–H groups in total. The predicted octanol–water partition coefficient (Wildman–Crippen LogP) is 1.23. The van der Waals surface area contributed by atoms with Crippen LogP contribution in [-0.4, -0.2) is 223 Å². The molecule has 10 amide bonds. The molecule has 5 aliphatic rings. The number of aliphatic hydroxyl groups is 1. The number of nitrogens with zero attached hydrogens (tertiary/aromatic N) is 5. The summed E-state index contributed by atoms with van der Waals surface area (Å²) in [5.74, 6) is -7.34.